The quantitative estimate of drug-likeness (QED) is 0.0787. The van der Waals surface area contributed by atoms with Crippen molar-refractivity contribution in [3.8, 4) is 23.3 Å². The van der Waals surface area contributed by atoms with E-state index in [-0.39, 0.29) is 29.6 Å². The van der Waals surface area contributed by atoms with Gasteiger partial charge in [-0.05, 0) is 94.9 Å². The third-order valence-electron chi connectivity index (χ3n) is 13.9. The first kappa shape index (κ1) is 49.2. The minimum Gasteiger partial charge on any atom is -0.497 e. The van der Waals surface area contributed by atoms with Gasteiger partial charge in [0.2, 0.25) is 11.8 Å². The molecule has 0 unspecified atom stereocenters. The summed E-state index contributed by atoms with van der Waals surface area (Å²) in [6.07, 6.45) is -0.968. The molecule has 0 radical (unpaired) electrons. The number of aliphatic hydroxyl groups excluding tert-OH is 1. The molecule has 74 heavy (non-hydrogen) atoms. The third kappa shape index (κ3) is 8.78. The number of cyclic esters (lactones) is 1. The number of morpholine rings is 1. The van der Waals surface area contributed by atoms with E-state index in [1.807, 2.05) is 102 Å². The molecule has 15 nitrogen and oxygen atoms in total. The molecule has 2 fully saturated rings. The molecule has 4 amide bonds. The Labute approximate surface area is 431 Å². The summed E-state index contributed by atoms with van der Waals surface area (Å²) in [6.45, 7) is 3.23. The SMILES string of the molecule is COC(=O)[C@@H](NC(=O)N1C(=O)[C@@]2(c3cc(C#Cc4ccc(OC)cc4)ccc31)[C@H](C(=O)Nc1nc3ccccc3s1)[C@H]1C(=O)O[C@H](c3ccccc3)[C@H](c3ccccc3)N1[C@@H]2c1ccc(OCCO)cc1)C(C)C. The minimum atomic E-state index is -2.15. The summed E-state index contributed by atoms with van der Waals surface area (Å²) >= 11 is 1.23. The number of carbonyl (C=O) groups excluding carboxylic acids is 5. The molecule has 0 aliphatic carbocycles. The third-order valence-corrected chi connectivity index (χ3v) is 14.8. The molecule has 16 heteroatoms. The number of urea groups is 1. The molecule has 10 rings (SSSR count). The van der Waals surface area contributed by atoms with Crippen molar-refractivity contribution in [2.75, 3.05) is 37.7 Å². The Balaban J connectivity index is 1.27. The number of fused-ring (bicyclic) bond motifs is 4. The van der Waals surface area contributed by atoms with E-state index in [1.54, 1.807) is 75.6 Å². The summed E-state index contributed by atoms with van der Waals surface area (Å²) in [6, 6.07) is 39.5. The Kier molecular flexibility index (Phi) is 13.7. The smallest absolute Gasteiger partial charge is 0.329 e. The number of nitrogens with one attached hydrogen (secondary N) is 2. The highest BCUT2D eigenvalue weighted by atomic mass is 32.1. The van der Waals surface area contributed by atoms with Crippen molar-refractivity contribution in [1.82, 2.24) is 15.2 Å². The van der Waals surface area contributed by atoms with E-state index in [9.17, 15) is 9.90 Å². The summed E-state index contributed by atoms with van der Waals surface area (Å²) in [5.74, 6) is 2.29. The summed E-state index contributed by atoms with van der Waals surface area (Å²) in [5, 5.41) is 15.7. The van der Waals surface area contributed by atoms with Gasteiger partial charge in [0.05, 0.1) is 54.7 Å². The fourth-order valence-electron chi connectivity index (χ4n) is 10.6. The van der Waals surface area contributed by atoms with Gasteiger partial charge in [-0.15, -0.1) is 0 Å². The maximum absolute atomic E-state index is 16.8. The van der Waals surface area contributed by atoms with Crippen molar-refractivity contribution in [1.29, 1.82) is 0 Å². The highest BCUT2D eigenvalue weighted by Gasteiger charge is 2.75. The Morgan fingerprint density at radius 1 is 0.784 bits per heavy atom. The van der Waals surface area contributed by atoms with Crippen LogP contribution in [0.15, 0.2) is 152 Å². The number of benzene rings is 6. The van der Waals surface area contributed by atoms with Gasteiger partial charge in [0.25, 0.3) is 0 Å². The average Bonchev–Trinajstić information content (AvgIpc) is 4.13. The second kappa shape index (κ2) is 20.6. The van der Waals surface area contributed by atoms with Gasteiger partial charge in [-0.1, -0.05) is 122 Å². The number of methoxy groups -OCH3 is 2. The van der Waals surface area contributed by atoms with Gasteiger partial charge in [-0.25, -0.2) is 19.5 Å². The van der Waals surface area contributed by atoms with Gasteiger partial charge in [0, 0.05) is 11.1 Å². The minimum absolute atomic E-state index is 0.00875. The number of para-hydroxylation sites is 1. The van der Waals surface area contributed by atoms with Crippen LogP contribution < -0.4 is 25.0 Å². The average molecular weight is 1010 g/mol. The second-order valence-electron chi connectivity index (χ2n) is 18.4. The van der Waals surface area contributed by atoms with Crippen LogP contribution in [0.3, 0.4) is 0 Å². The molecule has 1 spiro atoms. The molecular formula is C58H51N5O10S. The van der Waals surface area contributed by atoms with Crippen molar-refractivity contribution in [2.45, 2.75) is 49.5 Å². The Morgan fingerprint density at radius 3 is 2.09 bits per heavy atom. The fourth-order valence-corrected chi connectivity index (χ4v) is 11.5. The van der Waals surface area contributed by atoms with Crippen molar-refractivity contribution < 1.29 is 48.0 Å². The van der Waals surface area contributed by atoms with E-state index in [4.69, 9.17) is 23.9 Å². The van der Waals surface area contributed by atoms with Crippen LogP contribution in [0.2, 0.25) is 0 Å². The number of hydrogen-bond donors (Lipinski definition) is 3. The molecule has 0 saturated carbocycles. The van der Waals surface area contributed by atoms with Crippen LogP contribution in [0.25, 0.3) is 10.2 Å². The summed E-state index contributed by atoms with van der Waals surface area (Å²) in [4.78, 5) is 84.5. The number of anilines is 2. The van der Waals surface area contributed by atoms with Gasteiger partial charge >= 0.3 is 18.0 Å². The lowest BCUT2D eigenvalue weighted by molar-refractivity contribution is -0.177. The number of esters is 2. The Bertz CT molecular complexity index is 3290. The molecule has 3 aliphatic rings. The number of aromatic nitrogens is 1. The molecule has 2 saturated heterocycles. The predicted molar refractivity (Wildman–Crippen MR) is 277 cm³/mol. The van der Waals surface area contributed by atoms with Gasteiger partial charge in [0.15, 0.2) is 5.13 Å². The zero-order valence-corrected chi connectivity index (χ0v) is 41.6. The summed E-state index contributed by atoms with van der Waals surface area (Å²) in [7, 11) is 2.78. The Morgan fingerprint density at radius 2 is 1.43 bits per heavy atom. The zero-order chi connectivity index (χ0) is 51.7. The number of imide groups is 1. The first-order valence-corrected chi connectivity index (χ1v) is 24.9. The van der Waals surface area contributed by atoms with Crippen LogP contribution >= 0.6 is 11.3 Å². The van der Waals surface area contributed by atoms with E-state index in [0.717, 1.165) is 9.60 Å². The van der Waals surface area contributed by atoms with E-state index >= 15 is 19.2 Å². The topological polar surface area (TPSA) is 186 Å². The number of aliphatic hydroxyl groups is 1. The highest BCUT2D eigenvalue weighted by Crippen LogP contribution is 2.66. The standard InChI is InChI=1S/C58H51N5O10S/c1-34(2)47(53(66)71-4)60-57(69)62-44-30-23-36(20-19-35-21-26-40(70-3)27-22-35)33-42(44)58(55(62)68)46(52(65)61-56-59-43-17-11-12-18-45(43)74-56)49-54(67)73-50(38-15-9-6-10-16-38)48(37-13-7-5-8-14-37)63(49)51(58)39-24-28-41(29-25-39)72-32-31-64/h5-18,21-30,33-34,46-51,64H,31-32H2,1-4H3,(H,60,69)(H,59,61,65)/t46-,47-,48-,49-,50+,51+,58-/m0/s1. The van der Waals surface area contributed by atoms with Crippen LogP contribution in [-0.4, -0.2) is 84.3 Å². The molecule has 4 heterocycles. The summed E-state index contributed by atoms with van der Waals surface area (Å²) in [5.41, 5.74) is 1.74. The lowest BCUT2D eigenvalue weighted by Gasteiger charge is -2.46. The molecule has 3 N–H and O–H groups in total. The highest BCUT2D eigenvalue weighted by molar-refractivity contribution is 7.22. The predicted octanol–water partition coefficient (Wildman–Crippen LogP) is 8.29. The van der Waals surface area contributed by atoms with Crippen LogP contribution in [0.4, 0.5) is 15.6 Å². The molecule has 3 aliphatic heterocycles. The van der Waals surface area contributed by atoms with Crippen LogP contribution in [0.5, 0.6) is 11.5 Å². The van der Waals surface area contributed by atoms with Crippen molar-refractivity contribution in [3.63, 3.8) is 0 Å². The molecule has 0 bridgehead atoms. The van der Waals surface area contributed by atoms with Gasteiger partial charge < -0.3 is 34.7 Å². The first-order valence-electron chi connectivity index (χ1n) is 24.1. The Hall–Kier alpha value is -8.36. The van der Waals surface area contributed by atoms with Gasteiger partial charge in [0.1, 0.15) is 41.7 Å². The van der Waals surface area contributed by atoms with Gasteiger partial charge in [-0.2, -0.15) is 0 Å². The van der Waals surface area contributed by atoms with Crippen molar-refractivity contribution in [2.24, 2.45) is 11.8 Å². The number of hydrogen-bond acceptors (Lipinski definition) is 13. The molecular weight excluding hydrogens is 959 g/mol. The van der Waals surface area contributed by atoms with Gasteiger partial charge in [-0.3, -0.25) is 19.3 Å². The first-order chi connectivity index (χ1) is 36.0. The molecule has 1 aromatic heterocycles. The van der Waals surface area contributed by atoms with Crippen LogP contribution in [-0.2, 0) is 34.1 Å². The number of thiazole rings is 1. The fraction of sp³-hybridized carbons (Fsp3) is 0.241. The van der Waals surface area contributed by atoms with E-state index in [1.165, 1.54) is 18.4 Å². The number of ether oxygens (including phenoxy) is 4. The maximum atomic E-state index is 16.8. The number of amides is 4. The number of nitrogens with zero attached hydrogens (tertiary/aromatic N) is 3. The molecule has 7 aromatic rings. The maximum Gasteiger partial charge on any atom is 0.329 e. The molecule has 374 valence electrons. The largest absolute Gasteiger partial charge is 0.497 e. The zero-order valence-electron chi connectivity index (χ0n) is 40.8. The molecule has 7 atom stereocenters. The van der Waals surface area contributed by atoms with E-state index < -0.39 is 77.3 Å². The summed E-state index contributed by atoms with van der Waals surface area (Å²) < 4.78 is 23.7. The van der Waals surface area contributed by atoms with Crippen LogP contribution in [0, 0.1) is 23.7 Å². The monoisotopic (exact) mass is 1010 g/mol. The second-order valence-corrected chi connectivity index (χ2v) is 19.5. The number of rotatable bonds is 12. The lowest BCUT2D eigenvalue weighted by Crippen LogP contribution is -2.57. The van der Waals surface area contributed by atoms with E-state index in [2.05, 4.69) is 22.5 Å². The normalized spacial score (nSPS) is 21.3. The molecule has 6 aromatic carbocycles. The van der Waals surface area contributed by atoms with Crippen molar-refractivity contribution >= 4 is 62.2 Å². The van der Waals surface area contributed by atoms with Crippen molar-refractivity contribution in [3.05, 3.63) is 185 Å². The van der Waals surface area contributed by atoms with Crippen LogP contribution in [0.1, 0.15) is 65.4 Å². The lowest BCUT2D eigenvalue weighted by atomic mass is 9.65. The number of carbonyl (C=O) groups is 5. The van der Waals surface area contributed by atoms with E-state index in [0.29, 0.717) is 44.8 Å².